The average molecular weight is 357 g/mol. The highest BCUT2D eigenvalue weighted by molar-refractivity contribution is 9.10. The molecule has 0 aliphatic carbocycles. The molecular formula is C14H17BrN2O2S. The van der Waals surface area contributed by atoms with Crippen molar-refractivity contribution >= 4 is 42.4 Å². The van der Waals surface area contributed by atoms with Crippen molar-refractivity contribution in [3.05, 3.63) is 34.9 Å². The molecule has 0 saturated heterocycles. The first kappa shape index (κ1) is 15.3. The van der Waals surface area contributed by atoms with Crippen LogP contribution in [0.25, 0.3) is 10.9 Å². The number of sulfone groups is 1. The molecule has 2 rings (SSSR count). The van der Waals surface area contributed by atoms with Crippen molar-refractivity contribution in [3.8, 4) is 0 Å². The van der Waals surface area contributed by atoms with Gasteiger partial charge in [0.15, 0.2) is 0 Å². The van der Waals surface area contributed by atoms with Crippen molar-refractivity contribution in [1.29, 1.82) is 0 Å². The summed E-state index contributed by atoms with van der Waals surface area (Å²) in [6.07, 6.45) is 3.59. The van der Waals surface area contributed by atoms with Gasteiger partial charge in [-0.1, -0.05) is 12.1 Å². The monoisotopic (exact) mass is 356 g/mol. The smallest absolute Gasteiger partial charge is 0.147 e. The zero-order chi connectivity index (χ0) is 14.8. The Kier molecular flexibility index (Phi) is 4.65. The lowest BCUT2D eigenvalue weighted by Crippen LogP contribution is -2.19. The van der Waals surface area contributed by atoms with E-state index in [1.54, 1.807) is 6.20 Å². The summed E-state index contributed by atoms with van der Waals surface area (Å²) in [4.78, 5) is 4.35. The molecule has 0 saturated carbocycles. The van der Waals surface area contributed by atoms with Crippen LogP contribution in [0.2, 0.25) is 0 Å². The number of halogens is 1. The van der Waals surface area contributed by atoms with Crippen LogP contribution >= 0.6 is 15.9 Å². The summed E-state index contributed by atoms with van der Waals surface area (Å²) in [5.41, 5.74) is 1.87. The minimum absolute atomic E-state index is 0.0781. The molecule has 0 aliphatic heterocycles. The van der Waals surface area contributed by atoms with Gasteiger partial charge in [0.25, 0.3) is 0 Å². The molecule has 0 spiro atoms. The molecule has 0 amide bonds. The highest BCUT2D eigenvalue weighted by Gasteiger charge is 2.10. The number of nitrogens with zero attached hydrogens (tertiary/aromatic N) is 1. The second kappa shape index (κ2) is 6.10. The zero-order valence-electron chi connectivity index (χ0n) is 11.4. The third kappa shape index (κ3) is 3.93. The molecule has 108 valence electrons. The average Bonchev–Trinajstić information content (AvgIpc) is 2.37. The van der Waals surface area contributed by atoms with Gasteiger partial charge in [0.1, 0.15) is 9.84 Å². The van der Waals surface area contributed by atoms with E-state index in [-0.39, 0.29) is 11.8 Å². The molecule has 0 bridgehead atoms. The van der Waals surface area contributed by atoms with Gasteiger partial charge in [0, 0.05) is 34.0 Å². The van der Waals surface area contributed by atoms with Gasteiger partial charge in [-0.3, -0.25) is 4.98 Å². The Hall–Kier alpha value is -1.14. The van der Waals surface area contributed by atoms with Crippen molar-refractivity contribution < 1.29 is 8.42 Å². The maximum absolute atomic E-state index is 11.2. The van der Waals surface area contributed by atoms with E-state index >= 15 is 0 Å². The van der Waals surface area contributed by atoms with Crippen LogP contribution in [0.4, 0.5) is 5.69 Å². The van der Waals surface area contributed by atoms with Crippen molar-refractivity contribution in [2.75, 3.05) is 17.3 Å². The van der Waals surface area contributed by atoms with Crippen LogP contribution < -0.4 is 5.32 Å². The molecule has 1 aromatic heterocycles. The van der Waals surface area contributed by atoms with Gasteiger partial charge in [0.05, 0.1) is 11.3 Å². The Morgan fingerprint density at radius 3 is 2.80 bits per heavy atom. The molecule has 1 heterocycles. The molecule has 2 aromatic rings. The number of anilines is 1. The van der Waals surface area contributed by atoms with Gasteiger partial charge in [0.2, 0.25) is 0 Å². The molecule has 1 aromatic carbocycles. The lowest BCUT2D eigenvalue weighted by molar-refractivity contribution is 0.596. The first-order chi connectivity index (χ1) is 9.37. The molecule has 4 nitrogen and oxygen atoms in total. The fraction of sp³-hybridized carbons (Fsp3) is 0.357. The minimum Gasteiger partial charge on any atom is -0.382 e. The number of hydrogen-bond donors (Lipinski definition) is 1. The van der Waals surface area contributed by atoms with Crippen molar-refractivity contribution in [2.24, 2.45) is 0 Å². The topological polar surface area (TPSA) is 59.1 Å². The van der Waals surface area contributed by atoms with Crippen LogP contribution in [0.15, 0.2) is 34.9 Å². The third-order valence-corrected chi connectivity index (χ3v) is 4.66. The number of para-hydroxylation sites is 1. The van der Waals surface area contributed by atoms with Gasteiger partial charge in [-0.05, 0) is 41.4 Å². The van der Waals surface area contributed by atoms with Crippen molar-refractivity contribution in [1.82, 2.24) is 4.98 Å². The van der Waals surface area contributed by atoms with E-state index in [2.05, 4.69) is 26.2 Å². The maximum Gasteiger partial charge on any atom is 0.147 e. The standard InChI is InChI=1S/C14H17BrN2O2S/c1-10(7-9-20(2,18)19)17-13-6-8-16-14-11(13)4-3-5-12(14)15/h3-6,8,10H,7,9H2,1-2H3,(H,16,17). The molecule has 0 radical (unpaired) electrons. The Labute approximate surface area is 127 Å². The van der Waals surface area contributed by atoms with Gasteiger partial charge in [-0.2, -0.15) is 0 Å². The minimum atomic E-state index is -2.92. The normalized spacial score (nSPS) is 13.3. The largest absolute Gasteiger partial charge is 0.382 e. The van der Waals surface area contributed by atoms with Gasteiger partial charge in [-0.15, -0.1) is 0 Å². The summed E-state index contributed by atoms with van der Waals surface area (Å²) < 4.78 is 23.3. The van der Waals surface area contributed by atoms with Crippen LogP contribution in [-0.4, -0.2) is 31.5 Å². The van der Waals surface area contributed by atoms with Gasteiger partial charge < -0.3 is 5.32 Å². The van der Waals surface area contributed by atoms with Crippen LogP contribution in [0.3, 0.4) is 0 Å². The Balaban J connectivity index is 2.20. The SMILES string of the molecule is CC(CCS(C)(=O)=O)Nc1ccnc2c(Br)cccc12. The van der Waals surface area contributed by atoms with E-state index in [1.165, 1.54) is 6.26 Å². The summed E-state index contributed by atoms with van der Waals surface area (Å²) in [6, 6.07) is 7.89. The van der Waals surface area contributed by atoms with Gasteiger partial charge >= 0.3 is 0 Å². The summed E-state index contributed by atoms with van der Waals surface area (Å²) >= 11 is 3.48. The van der Waals surface area contributed by atoms with E-state index in [0.29, 0.717) is 6.42 Å². The summed E-state index contributed by atoms with van der Waals surface area (Å²) in [5, 5.41) is 4.38. The number of nitrogens with one attached hydrogen (secondary N) is 1. The first-order valence-electron chi connectivity index (χ1n) is 6.34. The second-order valence-electron chi connectivity index (χ2n) is 4.96. The van der Waals surface area contributed by atoms with Crippen LogP contribution in [0, 0.1) is 0 Å². The second-order valence-corrected chi connectivity index (χ2v) is 8.07. The summed E-state index contributed by atoms with van der Waals surface area (Å²) in [7, 11) is -2.92. The van der Waals surface area contributed by atoms with E-state index < -0.39 is 9.84 Å². The number of pyridine rings is 1. The van der Waals surface area contributed by atoms with E-state index in [1.807, 2.05) is 31.2 Å². The number of hydrogen-bond acceptors (Lipinski definition) is 4. The number of benzene rings is 1. The maximum atomic E-state index is 11.2. The first-order valence-corrected chi connectivity index (χ1v) is 9.19. The Bertz CT molecular complexity index is 716. The highest BCUT2D eigenvalue weighted by Crippen LogP contribution is 2.27. The molecule has 6 heteroatoms. The van der Waals surface area contributed by atoms with Gasteiger partial charge in [-0.25, -0.2) is 8.42 Å². The van der Waals surface area contributed by atoms with E-state index in [0.717, 1.165) is 21.1 Å². The number of fused-ring (bicyclic) bond motifs is 1. The van der Waals surface area contributed by atoms with E-state index in [9.17, 15) is 8.42 Å². The number of aromatic nitrogens is 1. The highest BCUT2D eigenvalue weighted by atomic mass is 79.9. The Morgan fingerprint density at radius 1 is 1.35 bits per heavy atom. The lowest BCUT2D eigenvalue weighted by atomic mass is 10.1. The molecule has 0 aliphatic rings. The van der Waals surface area contributed by atoms with Crippen molar-refractivity contribution in [3.63, 3.8) is 0 Å². The molecule has 0 fully saturated rings. The van der Waals surface area contributed by atoms with Crippen LogP contribution in [-0.2, 0) is 9.84 Å². The third-order valence-electron chi connectivity index (χ3n) is 3.05. The van der Waals surface area contributed by atoms with Crippen LogP contribution in [0.5, 0.6) is 0 Å². The molecule has 1 N–H and O–H groups in total. The predicted octanol–water partition coefficient (Wildman–Crippen LogP) is 3.23. The fourth-order valence-electron chi connectivity index (χ4n) is 1.99. The summed E-state index contributed by atoms with van der Waals surface area (Å²) in [6.45, 7) is 1.98. The van der Waals surface area contributed by atoms with E-state index in [4.69, 9.17) is 0 Å². The van der Waals surface area contributed by atoms with Crippen LogP contribution in [0.1, 0.15) is 13.3 Å². The molecular weight excluding hydrogens is 340 g/mol. The van der Waals surface area contributed by atoms with Crippen molar-refractivity contribution in [2.45, 2.75) is 19.4 Å². The zero-order valence-corrected chi connectivity index (χ0v) is 13.8. The molecule has 1 atom stereocenters. The Morgan fingerprint density at radius 2 is 2.10 bits per heavy atom. The number of rotatable bonds is 5. The predicted molar refractivity (Wildman–Crippen MR) is 86.9 cm³/mol. The summed E-state index contributed by atoms with van der Waals surface area (Å²) in [5.74, 6) is 0.188. The quantitative estimate of drug-likeness (QED) is 0.893. The molecule has 20 heavy (non-hydrogen) atoms. The fourth-order valence-corrected chi connectivity index (χ4v) is 3.24. The molecule has 1 unspecified atom stereocenters. The lowest BCUT2D eigenvalue weighted by Gasteiger charge is -2.16.